The van der Waals surface area contributed by atoms with Crippen molar-refractivity contribution in [2.75, 3.05) is 13.7 Å². The minimum Gasteiger partial charge on any atom is -0.493 e. The second-order valence-corrected chi connectivity index (χ2v) is 3.81. The Morgan fingerprint density at radius 1 is 1.41 bits per heavy atom. The summed E-state index contributed by atoms with van der Waals surface area (Å²) in [5, 5.41) is 8.42. The van der Waals surface area contributed by atoms with Gasteiger partial charge in [-0.25, -0.2) is 0 Å². The summed E-state index contributed by atoms with van der Waals surface area (Å²) < 4.78 is 10.8. The second-order valence-electron chi connectivity index (χ2n) is 3.81. The van der Waals surface area contributed by atoms with Crippen molar-refractivity contribution >= 4 is 0 Å². The molecule has 1 unspecified atom stereocenters. The molecule has 92 valence electrons. The highest BCUT2D eigenvalue weighted by Crippen LogP contribution is 2.29. The lowest BCUT2D eigenvalue weighted by Gasteiger charge is -2.13. The molecule has 4 nitrogen and oxygen atoms in total. The zero-order valence-corrected chi connectivity index (χ0v) is 10.3. The third kappa shape index (κ3) is 3.97. The minimum absolute atomic E-state index is 0.0310. The monoisotopic (exact) mass is 234 g/mol. The van der Waals surface area contributed by atoms with Crippen molar-refractivity contribution in [1.82, 2.24) is 0 Å². The molecule has 0 saturated heterocycles. The summed E-state index contributed by atoms with van der Waals surface area (Å²) in [6.45, 7) is 2.43. The fraction of sp³-hybridized carbons (Fsp3) is 0.462. The number of nitrogens with two attached hydrogens (primary N) is 1. The molecule has 0 aliphatic heterocycles. The van der Waals surface area contributed by atoms with E-state index in [-0.39, 0.29) is 6.04 Å². The Morgan fingerprint density at radius 2 is 2.18 bits per heavy atom. The summed E-state index contributed by atoms with van der Waals surface area (Å²) in [5.74, 6) is 1.37. The Labute approximate surface area is 102 Å². The van der Waals surface area contributed by atoms with Crippen molar-refractivity contribution < 1.29 is 9.47 Å². The molecule has 0 saturated carbocycles. The first-order chi connectivity index (χ1) is 8.19. The van der Waals surface area contributed by atoms with Gasteiger partial charge in [-0.1, -0.05) is 6.07 Å². The third-order valence-corrected chi connectivity index (χ3v) is 2.40. The molecule has 2 N–H and O–H groups in total. The molecular weight excluding hydrogens is 216 g/mol. The van der Waals surface area contributed by atoms with Crippen LogP contribution in [-0.2, 0) is 0 Å². The molecule has 1 atom stereocenters. The molecule has 0 bridgehead atoms. The van der Waals surface area contributed by atoms with Gasteiger partial charge in [0.15, 0.2) is 11.5 Å². The van der Waals surface area contributed by atoms with Crippen LogP contribution in [0.3, 0.4) is 0 Å². The largest absolute Gasteiger partial charge is 0.493 e. The molecular formula is C13H18N2O2. The molecule has 0 radical (unpaired) electrons. The SMILES string of the molecule is COc1cc(C(C)N)ccc1OCCCC#N. The molecule has 1 rings (SSSR count). The van der Waals surface area contributed by atoms with E-state index in [1.165, 1.54) is 0 Å². The zero-order valence-electron chi connectivity index (χ0n) is 10.3. The maximum Gasteiger partial charge on any atom is 0.161 e. The van der Waals surface area contributed by atoms with E-state index in [1.807, 2.05) is 25.1 Å². The first kappa shape index (κ1) is 13.3. The van der Waals surface area contributed by atoms with E-state index in [0.717, 1.165) is 5.56 Å². The molecule has 1 aromatic rings. The van der Waals surface area contributed by atoms with Crippen molar-refractivity contribution in [2.24, 2.45) is 5.73 Å². The van der Waals surface area contributed by atoms with Crippen LogP contribution < -0.4 is 15.2 Å². The molecule has 0 spiro atoms. The van der Waals surface area contributed by atoms with Gasteiger partial charge in [0.2, 0.25) is 0 Å². The summed E-state index contributed by atoms with van der Waals surface area (Å²) in [6.07, 6.45) is 1.22. The van der Waals surface area contributed by atoms with Crippen LogP contribution in [0.2, 0.25) is 0 Å². The van der Waals surface area contributed by atoms with Gasteiger partial charge in [-0.05, 0) is 31.0 Å². The maximum atomic E-state index is 8.42. The topological polar surface area (TPSA) is 68.3 Å². The van der Waals surface area contributed by atoms with Crippen LogP contribution in [0.4, 0.5) is 0 Å². The van der Waals surface area contributed by atoms with Crippen LogP contribution in [0.15, 0.2) is 18.2 Å². The summed E-state index contributed by atoms with van der Waals surface area (Å²) in [7, 11) is 1.60. The number of benzene rings is 1. The molecule has 0 amide bonds. The van der Waals surface area contributed by atoms with Gasteiger partial charge in [0.1, 0.15) is 0 Å². The second kappa shape index (κ2) is 6.77. The van der Waals surface area contributed by atoms with Gasteiger partial charge < -0.3 is 15.2 Å². The molecule has 4 heteroatoms. The van der Waals surface area contributed by atoms with Crippen molar-refractivity contribution in [2.45, 2.75) is 25.8 Å². The van der Waals surface area contributed by atoms with E-state index in [4.69, 9.17) is 20.5 Å². The average Bonchev–Trinajstić information content (AvgIpc) is 2.34. The lowest BCUT2D eigenvalue weighted by Crippen LogP contribution is -2.06. The van der Waals surface area contributed by atoms with Crippen molar-refractivity contribution in [3.63, 3.8) is 0 Å². The average molecular weight is 234 g/mol. The van der Waals surface area contributed by atoms with Gasteiger partial charge >= 0.3 is 0 Å². The van der Waals surface area contributed by atoms with E-state index < -0.39 is 0 Å². The van der Waals surface area contributed by atoms with Crippen LogP contribution >= 0.6 is 0 Å². The van der Waals surface area contributed by atoms with Gasteiger partial charge in [0.05, 0.1) is 19.8 Å². The minimum atomic E-state index is -0.0310. The summed E-state index contributed by atoms with van der Waals surface area (Å²) >= 11 is 0. The number of hydrogen-bond donors (Lipinski definition) is 1. The summed E-state index contributed by atoms with van der Waals surface area (Å²) in [6, 6.07) is 7.70. The van der Waals surface area contributed by atoms with Gasteiger partial charge in [0.25, 0.3) is 0 Å². The van der Waals surface area contributed by atoms with Gasteiger partial charge in [0, 0.05) is 12.5 Å². The lowest BCUT2D eigenvalue weighted by molar-refractivity contribution is 0.290. The predicted octanol–water partition coefficient (Wildman–Crippen LogP) is 2.40. The standard InChI is InChI=1S/C13H18N2O2/c1-10(15)11-5-6-12(13(9-11)16-2)17-8-4-3-7-14/h5-6,9-10H,3-4,8,15H2,1-2H3. The fourth-order valence-electron chi connectivity index (χ4n) is 1.42. The Morgan fingerprint density at radius 3 is 2.76 bits per heavy atom. The third-order valence-electron chi connectivity index (χ3n) is 2.40. The van der Waals surface area contributed by atoms with Crippen molar-refractivity contribution in [1.29, 1.82) is 5.26 Å². The maximum absolute atomic E-state index is 8.42. The highest BCUT2D eigenvalue weighted by atomic mass is 16.5. The highest BCUT2D eigenvalue weighted by Gasteiger charge is 2.07. The molecule has 0 fully saturated rings. The van der Waals surface area contributed by atoms with Gasteiger partial charge in [-0.3, -0.25) is 0 Å². The number of methoxy groups -OCH3 is 1. The van der Waals surface area contributed by atoms with Crippen LogP contribution in [0.25, 0.3) is 0 Å². The Kier molecular flexibility index (Phi) is 5.31. The smallest absolute Gasteiger partial charge is 0.161 e. The normalized spacial score (nSPS) is 11.6. The van der Waals surface area contributed by atoms with E-state index in [1.54, 1.807) is 7.11 Å². The highest BCUT2D eigenvalue weighted by molar-refractivity contribution is 5.43. The molecule has 0 aliphatic rings. The number of nitriles is 1. The lowest BCUT2D eigenvalue weighted by atomic mass is 10.1. The number of rotatable bonds is 6. The van der Waals surface area contributed by atoms with Crippen LogP contribution in [0.1, 0.15) is 31.4 Å². The summed E-state index contributed by atoms with van der Waals surface area (Å²) in [4.78, 5) is 0. The fourth-order valence-corrected chi connectivity index (χ4v) is 1.42. The van der Waals surface area contributed by atoms with Crippen LogP contribution in [0, 0.1) is 11.3 Å². The van der Waals surface area contributed by atoms with E-state index in [0.29, 0.717) is 30.9 Å². The van der Waals surface area contributed by atoms with Crippen molar-refractivity contribution in [3.05, 3.63) is 23.8 Å². The first-order valence-corrected chi connectivity index (χ1v) is 5.62. The first-order valence-electron chi connectivity index (χ1n) is 5.62. The quantitative estimate of drug-likeness (QED) is 0.767. The molecule has 0 aliphatic carbocycles. The molecule has 17 heavy (non-hydrogen) atoms. The van der Waals surface area contributed by atoms with Crippen LogP contribution in [0.5, 0.6) is 11.5 Å². The van der Waals surface area contributed by atoms with E-state index in [9.17, 15) is 0 Å². The Bertz CT molecular complexity index is 397. The van der Waals surface area contributed by atoms with Crippen LogP contribution in [-0.4, -0.2) is 13.7 Å². The molecule has 0 aromatic heterocycles. The molecule has 1 aromatic carbocycles. The number of nitrogens with zero attached hydrogens (tertiary/aromatic N) is 1. The van der Waals surface area contributed by atoms with Gasteiger partial charge in [-0.2, -0.15) is 5.26 Å². The number of unbranched alkanes of at least 4 members (excludes halogenated alkanes) is 1. The zero-order chi connectivity index (χ0) is 12.7. The number of hydrogen-bond acceptors (Lipinski definition) is 4. The number of ether oxygens (including phenoxy) is 2. The Balaban J connectivity index is 2.69. The van der Waals surface area contributed by atoms with Crippen molar-refractivity contribution in [3.8, 4) is 17.6 Å². The molecule has 0 heterocycles. The summed E-state index contributed by atoms with van der Waals surface area (Å²) in [5.41, 5.74) is 6.80. The van der Waals surface area contributed by atoms with E-state index in [2.05, 4.69) is 6.07 Å². The predicted molar refractivity (Wildman–Crippen MR) is 65.9 cm³/mol. The Hall–Kier alpha value is -1.73. The van der Waals surface area contributed by atoms with Gasteiger partial charge in [-0.15, -0.1) is 0 Å². The van der Waals surface area contributed by atoms with E-state index >= 15 is 0 Å².